The van der Waals surface area contributed by atoms with Crippen molar-refractivity contribution in [3.05, 3.63) is 83.1 Å². The summed E-state index contributed by atoms with van der Waals surface area (Å²) in [5.41, 5.74) is 3.71. The number of hydrogen-bond donors (Lipinski definition) is 4. The fraction of sp³-hybridized carbons (Fsp3) is 0.323. The Labute approximate surface area is 253 Å². The first kappa shape index (κ1) is 29.2. The topological polar surface area (TPSA) is 126 Å². The molecular weight excluding hydrogens is 596 g/mol. The number of fused-ring (bicyclic) bond motifs is 1. The highest BCUT2D eigenvalue weighted by molar-refractivity contribution is 9.10. The van der Waals surface area contributed by atoms with Gasteiger partial charge in [-0.1, -0.05) is 46.8 Å². The van der Waals surface area contributed by atoms with E-state index in [2.05, 4.69) is 79.3 Å². The summed E-state index contributed by atoms with van der Waals surface area (Å²) in [4.78, 5) is 38.8. The lowest BCUT2D eigenvalue weighted by atomic mass is 9.91. The first-order valence-corrected chi connectivity index (χ1v) is 14.9. The highest BCUT2D eigenvalue weighted by atomic mass is 79.9. The Morgan fingerprint density at radius 3 is 2.52 bits per heavy atom. The molecule has 0 atom stereocenters. The van der Waals surface area contributed by atoms with E-state index >= 15 is 0 Å². The molecule has 10 nitrogen and oxygen atoms in total. The van der Waals surface area contributed by atoms with Crippen LogP contribution >= 0.6 is 15.9 Å². The van der Waals surface area contributed by atoms with E-state index in [1.54, 1.807) is 24.3 Å². The molecule has 1 saturated carbocycles. The molecule has 2 aromatic heterocycles. The van der Waals surface area contributed by atoms with E-state index in [1.165, 1.54) is 6.08 Å². The van der Waals surface area contributed by atoms with Crippen molar-refractivity contribution in [2.45, 2.75) is 64.2 Å². The van der Waals surface area contributed by atoms with Crippen LogP contribution in [0, 0.1) is 0 Å². The van der Waals surface area contributed by atoms with Gasteiger partial charge in [0.25, 0.3) is 0 Å². The summed E-state index contributed by atoms with van der Waals surface area (Å²) >= 11 is 3.49. The molecule has 5 rings (SSSR count). The number of allylic oxidation sites excluding steroid dienone is 1. The highest BCUT2D eigenvalue weighted by Gasteiger charge is 2.24. The van der Waals surface area contributed by atoms with Crippen LogP contribution < -0.4 is 21.3 Å². The van der Waals surface area contributed by atoms with Crippen molar-refractivity contribution in [3.8, 4) is 0 Å². The summed E-state index contributed by atoms with van der Waals surface area (Å²) < 4.78 is 3.09. The molecule has 0 spiro atoms. The Hall–Kier alpha value is -4.25. The lowest BCUT2D eigenvalue weighted by Gasteiger charge is -2.29. The van der Waals surface area contributed by atoms with Gasteiger partial charge in [-0.2, -0.15) is 9.97 Å². The van der Waals surface area contributed by atoms with E-state index in [-0.39, 0.29) is 29.9 Å². The second kappa shape index (κ2) is 13.2. The average molecular weight is 632 g/mol. The number of amides is 2. The maximum atomic E-state index is 12.6. The number of imidazole rings is 1. The molecule has 0 aliphatic heterocycles. The Morgan fingerprint density at radius 1 is 1.07 bits per heavy atom. The monoisotopic (exact) mass is 630 g/mol. The lowest BCUT2D eigenvalue weighted by molar-refractivity contribution is 0.104. The van der Waals surface area contributed by atoms with E-state index in [4.69, 9.17) is 9.97 Å². The van der Waals surface area contributed by atoms with Crippen molar-refractivity contribution in [1.29, 1.82) is 0 Å². The van der Waals surface area contributed by atoms with Crippen LogP contribution in [0.4, 0.5) is 22.2 Å². The smallest absolute Gasteiger partial charge is 0.319 e. The Balaban J connectivity index is 1.20. The number of anilines is 3. The molecule has 42 heavy (non-hydrogen) atoms. The molecule has 1 aliphatic carbocycles. The zero-order valence-corrected chi connectivity index (χ0v) is 25.3. The van der Waals surface area contributed by atoms with Crippen LogP contribution in [-0.2, 0) is 6.54 Å². The van der Waals surface area contributed by atoms with Gasteiger partial charge in [0.05, 0.1) is 6.33 Å². The number of ketones is 1. The van der Waals surface area contributed by atoms with E-state index < -0.39 is 0 Å². The van der Waals surface area contributed by atoms with Crippen molar-refractivity contribution >= 4 is 56.4 Å². The van der Waals surface area contributed by atoms with Crippen LogP contribution in [0.15, 0.2) is 72.0 Å². The molecule has 2 heterocycles. The Morgan fingerprint density at radius 2 is 1.81 bits per heavy atom. The van der Waals surface area contributed by atoms with Gasteiger partial charge in [-0.3, -0.25) is 4.79 Å². The number of carbonyl (C=O) groups is 2. The van der Waals surface area contributed by atoms with Gasteiger partial charge in [0, 0.05) is 40.4 Å². The fourth-order valence-electron chi connectivity index (χ4n) is 5.06. The Kier molecular flexibility index (Phi) is 9.16. The lowest BCUT2D eigenvalue weighted by Crippen LogP contribution is -2.42. The molecule has 0 radical (unpaired) electrons. The minimum atomic E-state index is -0.285. The second-order valence-corrected chi connectivity index (χ2v) is 11.6. The maximum Gasteiger partial charge on any atom is 0.319 e. The zero-order chi connectivity index (χ0) is 29.6. The molecule has 0 unspecified atom stereocenters. The summed E-state index contributed by atoms with van der Waals surface area (Å²) in [5, 5.41) is 12.9. The van der Waals surface area contributed by atoms with Gasteiger partial charge in [-0.05, 0) is 75.4 Å². The third kappa shape index (κ3) is 7.14. The van der Waals surface area contributed by atoms with Gasteiger partial charge in [0.1, 0.15) is 0 Å². The van der Waals surface area contributed by atoms with Crippen molar-refractivity contribution < 1.29 is 9.59 Å². The number of nitrogens with one attached hydrogen (secondary N) is 4. The molecule has 0 bridgehead atoms. The predicted octanol–water partition coefficient (Wildman–Crippen LogP) is 6.70. The summed E-state index contributed by atoms with van der Waals surface area (Å²) in [5.74, 6) is 1.07. The van der Waals surface area contributed by atoms with Crippen molar-refractivity contribution in [2.24, 2.45) is 0 Å². The molecule has 0 saturated heterocycles. The van der Waals surface area contributed by atoms with Gasteiger partial charge in [0.2, 0.25) is 5.95 Å². The van der Waals surface area contributed by atoms with Crippen molar-refractivity contribution in [2.75, 3.05) is 16.0 Å². The molecule has 4 N–H and O–H groups in total. The summed E-state index contributed by atoms with van der Waals surface area (Å²) in [6.07, 6.45) is 6.44. The molecule has 218 valence electrons. The first-order valence-electron chi connectivity index (χ1n) is 14.1. The molecule has 1 aliphatic rings. The molecule has 4 aromatic rings. The fourth-order valence-corrected chi connectivity index (χ4v) is 5.32. The van der Waals surface area contributed by atoms with E-state index in [1.807, 2.05) is 18.5 Å². The largest absolute Gasteiger partial charge is 0.364 e. The number of halogens is 1. The zero-order valence-electron chi connectivity index (χ0n) is 23.7. The Bertz CT molecular complexity index is 1580. The third-order valence-corrected chi connectivity index (χ3v) is 7.87. The third-order valence-electron chi connectivity index (χ3n) is 7.34. The minimum absolute atomic E-state index is 0.0509. The van der Waals surface area contributed by atoms with Gasteiger partial charge >= 0.3 is 6.03 Å². The molecular formula is C31H35BrN8O2. The highest BCUT2D eigenvalue weighted by Crippen LogP contribution is 2.27. The average Bonchev–Trinajstić information content (AvgIpc) is 3.42. The van der Waals surface area contributed by atoms with E-state index in [0.717, 1.165) is 46.9 Å². The van der Waals surface area contributed by atoms with Crippen LogP contribution in [0.3, 0.4) is 0 Å². The van der Waals surface area contributed by atoms with Gasteiger partial charge in [0.15, 0.2) is 22.8 Å². The van der Waals surface area contributed by atoms with Crippen LogP contribution in [0.1, 0.15) is 61.5 Å². The number of rotatable bonds is 10. The number of hydrogen-bond acceptors (Lipinski definition) is 7. The van der Waals surface area contributed by atoms with Crippen LogP contribution in [0.25, 0.3) is 11.2 Å². The standard InChI is InChI=1S/C31H35BrN8O2/c1-4-26(41)21-6-5-7-25(16-21)37-31(42)36-24-14-12-23(13-15-24)35-30-38-28(33-17-20-8-10-22(32)11-9-20)27-29(39-30)40(18-34-27)19(2)3/h4-11,16,18-19,23-24H,1,12-15,17H2,2-3H3,(H2,36,37,42)(H2,33,35,38,39). The number of urea groups is 1. The minimum Gasteiger partial charge on any atom is -0.364 e. The van der Waals surface area contributed by atoms with Gasteiger partial charge < -0.3 is 25.8 Å². The molecule has 2 aromatic carbocycles. The van der Waals surface area contributed by atoms with Crippen molar-refractivity contribution in [3.63, 3.8) is 0 Å². The normalized spacial score (nSPS) is 16.7. The number of benzene rings is 2. The predicted molar refractivity (Wildman–Crippen MR) is 170 cm³/mol. The second-order valence-electron chi connectivity index (χ2n) is 10.7. The number of carbonyl (C=O) groups excluding carboxylic acids is 2. The summed E-state index contributed by atoms with van der Waals surface area (Å²) in [6.45, 7) is 8.34. The summed E-state index contributed by atoms with van der Waals surface area (Å²) in [7, 11) is 0. The number of nitrogens with zero attached hydrogens (tertiary/aromatic N) is 4. The van der Waals surface area contributed by atoms with Crippen LogP contribution in [0.2, 0.25) is 0 Å². The maximum absolute atomic E-state index is 12.6. The van der Waals surface area contributed by atoms with E-state index in [9.17, 15) is 9.59 Å². The molecule has 2 amide bonds. The summed E-state index contributed by atoms with van der Waals surface area (Å²) in [6, 6.07) is 15.1. The van der Waals surface area contributed by atoms with Crippen molar-refractivity contribution in [1.82, 2.24) is 24.8 Å². The SMILES string of the molecule is C=CC(=O)c1cccc(NC(=O)NC2CCC(Nc3nc(NCc4ccc(Br)cc4)c4ncn(C(C)C)c4n3)CC2)c1. The molecule has 1 fully saturated rings. The van der Waals surface area contributed by atoms with E-state index in [0.29, 0.717) is 29.6 Å². The van der Waals surface area contributed by atoms with Gasteiger partial charge in [-0.15, -0.1) is 0 Å². The molecule has 11 heteroatoms. The first-order chi connectivity index (χ1) is 20.3. The number of aromatic nitrogens is 4. The van der Waals surface area contributed by atoms with Gasteiger partial charge in [-0.25, -0.2) is 9.78 Å². The van der Waals surface area contributed by atoms with Crippen LogP contribution in [0.5, 0.6) is 0 Å². The quantitative estimate of drug-likeness (QED) is 0.113. The van der Waals surface area contributed by atoms with Crippen LogP contribution in [-0.4, -0.2) is 43.4 Å².